The van der Waals surface area contributed by atoms with Crippen LogP contribution in [0.1, 0.15) is 32.1 Å². The maximum absolute atomic E-state index is 5.65. The molecule has 0 heterocycles. The van der Waals surface area contributed by atoms with Crippen LogP contribution >= 0.6 is 0 Å². The molecule has 1 rings (SSSR count). The third-order valence-electron chi connectivity index (χ3n) is 2.49. The topological polar surface area (TPSA) is 40.0 Å². The second-order valence-electron chi connectivity index (χ2n) is 3.85. The summed E-state index contributed by atoms with van der Waals surface area (Å²) in [4.78, 5) is 4.69. The molecule has 1 unspecified atom stereocenters. The lowest BCUT2D eigenvalue weighted by Gasteiger charge is -2.13. The van der Waals surface area contributed by atoms with Gasteiger partial charge in [0.05, 0.1) is 19.8 Å². The fourth-order valence-electron chi connectivity index (χ4n) is 1.62. The normalized spacial score (nSPS) is 19.6. The zero-order valence-electron chi connectivity index (χ0n) is 10.3. The van der Waals surface area contributed by atoms with Crippen molar-refractivity contribution in [1.29, 1.82) is 0 Å². The van der Waals surface area contributed by atoms with Gasteiger partial charge in [0.15, 0.2) is 0 Å². The largest absolute Gasteiger partial charge is 0.394 e. The van der Waals surface area contributed by atoms with E-state index in [-0.39, 0.29) is 6.10 Å². The van der Waals surface area contributed by atoms with Crippen LogP contribution in [0.3, 0.4) is 0 Å². The van der Waals surface area contributed by atoms with Crippen molar-refractivity contribution in [3.8, 4) is 11.8 Å². The maximum Gasteiger partial charge on any atom is 0.140 e. The molecule has 0 aromatic heterocycles. The molecule has 4 nitrogen and oxygen atoms in total. The molecule has 0 saturated heterocycles. The molecule has 17 heavy (non-hydrogen) atoms. The highest BCUT2D eigenvalue weighted by Gasteiger charge is 2.06. The van der Waals surface area contributed by atoms with E-state index in [2.05, 4.69) is 28.6 Å². The zero-order valence-corrected chi connectivity index (χ0v) is 10.3. The Balaban J connectivity index is 1.98. The van der Waals surface area contributed by atoms with E-state index in [0.29, 0.717) is 26.4 Å². The summed E-state index contributed by atoms with van der Waals surface area (Å²) in [5.41, 5.74) is 0. The molecule has 0 amide bonds. The molecule has 0 aromatic carbocycles. The number of ether oxygens (including phenoxy) is 2. The molecule has 0 spiro atoms. The van der Waals surface area contributed by atoms with Crippen LogP contribution in [-0.4, -0.2) is 39.2 Å². The molecule has 0 fully saturated rings. The van der Waals surface area contributed by atoms with Crippen LogP contribution in [0.5, 0.6) is 0 Å². The van der Waals surface area contributed by atoms with Crippen molar-refractivity contribution >= 4 is 6.72 Å². The molecule has 1 aliphatic carbocycles. The van der Waals surface area contributed by atoms with Crippen LogP contribution in [0.25, 0.3) is 0 Å². The summed E-state index contributed by atoms with van der Waals surface area (Å²) in [6, 6.07) is 0. The molecule has 1 atom stereocenters. The van der Waals surface area contributed by atoms with Crippen LogP contribution in [0, 0.1) is 11.8 Å². The van der Waals surface area contributed by atoms with Crippen molar-refractivity contribution in [2.45, 2.75) is 38.2 Å². The lowest BCUT2D eigenvalue weighted by molar-refractivity contribution is 0.00188. The van der Waals surface area contributed by atoms with Gasteiger partial charge < -0.3 is 14.3 Å². The number of oxime groups is 1. The van der Waals surface area contributed by atoms with Gasteiger partial charge in [0.1, 0.15) is 12.7 Å². The molecule has 96 valence electrons. The van der Waals surface area contributed by atoms with Gasteiger partial charge in [0.25, 0.3) is 0 Å². The highest BCUT2D eigenvalue weighted by Crippen LogP contribution is 2.10. The van der Waals surface area contributed by atoms with Crippen LogP contribution in [0.4, 0.5) is 0 Å². The summed E-state index contributed by atoms with van der Waals surface area (Å²) in [7, 11) is 0. The van der Waals surface area contributed by atoms with E-state index in [1.165, 1.54) is 19.3 Å². The SMILES string of the molecule is C=NOCCOCCOC1C#CCCCCC1. The molecule has 0 aromatic rings. The van der Waals surface area contributed by atoms with Crippen LogP contribution in [0.15, 0.2) is 5.16 Å². The lowest BCUT2D eigenvalue weighted by Crippen LogP contribution is -2.16. The highest BCUT2D eigenvalue weighted by atomic mass is 16.6. The molecule has 0 aliphatic heterocycles. The number of hydrogen-bond acceptors (Lipinski definition) is 4. The van der Waals surface area contributed by atoms with Crippen molar-refractivity contribution in [3.63, 3.8) is 0 Å². The molecule has 0 N–H and O–H groups in total. The van der Waals surface area contributed by atoms with Crippen molar-refractivity contribution in [1.82, 2.24) is 0 Å². The first-order valence-electron chi connectivity index (χ1n) is 6.19. The molecular weight excluding hydrogens is 218 g/mol. The van der Waals surface area contributed by atoms with Gasteiger partial charge >= 0.3 is 0 Å². The predicted molar refractivity (Wildman–Crippen MR) is 66.9 cm³/mol. The first kappa shape index (κ1) is 14.0. The van der Waals surface area contributed by atoms with E-state index in [9.17, 15) is 0 Å². The van der Waals surface area contributed by atoms with Gasteiger partial charge in [-0.1, -0.05) is 12.3 Å². The Morgan fingerprint density at radius 3 is 2.88 bits per heavy atom. The first-order valence-corrected chi connectivity index (χ1v) is 6.19. The van der Waals surface area contributed by atoms with Crippen molar-refractivity contribution in [2.75, 3.05) is 26.4 Å². The average Bonchev–Trinajstić information content (AvgIpc) is 2.30. The molecule has 0 saturated carbocycles. The summed E-state index contributed by atoms with van der Waals surface area (Å²) >= 11 is 0. The molecule has 1 aliphatic rings. The van der Waals surface area contributed by atoms with E-state index in [1.807, 2.05) is 0 Å². The number of hydrogen-bond donors (Lipinski definition) is 0. The van der Waals surface area contributed by atoms with Crippen LogP contribution < -0.4 is 0 Å². The summed E-state index contributed by atoms with van der Waals surface area (Å²) in [6.45, 7) is 5.31. The minimum absolute atomic E-state index is 0.0880. The molecule has 0 bridgehead atoms. The van der Waals surface area contributed by atoms with Crippen LogP contribution in [0.2, 0.25) is 0 Å². The fraction of sp³-hybridized carbons (Fsp3) is 0.769. The smallest absolute Gasteiger partial charge is 0.140 e. The second kappa shape index (κ2) is 10.1. The first-order chi connectivity index (χ1) is 8.43. The Bertz CT molecular complexity index is 257. The lowest BCUT2D eigenvalue weighted by atomic mass is 10.1. The average molecular weight is 239 g/mol. The second-order valence-corrected chi connectivity index (χ2v) is 3.85. The molecular formula is C13H21NO3. The summed E-state index contributed by atoms with van der Waals surface area (Å²) < 4.78 is 10.9. The quantitative estimate of drug-likeness (QED) is 0.281. The fourth-order valence-corrected chi connectivity index (χ4v) is 1.62. The van der Waals surface area contributed by atoms with Crippen molar-refractivity contribution in [3.05, 3.63) is 0 Å². The summed E-state index contributed by atoms with van der Waals surface area (Å²) in [5, 5.41) is 3.27. The van der Waals surface area contributed by atoms with E-state index in [1.54, 1.807) is 0 Å². The van der Waals surface area contributed by atoms with Gasteiger partial charge in [-0.2, -0.15) is 0 Å². The molecule has 0 radical (unpaired) electrons. The van der Waals surface area contributed by atoms with Gasteiger partial charge in [0, 0.05) is 13.1 Å². The Morgan fingerprint density at radius 2 is 2.00 bits per heavy atom. The van der Waals surface area contributed by atoms with Gasteiger partial charge in [0.2, 0.25) is 0 Å². The van der Waals surface area contributed by atoms with E-state index in [0.717, 1.165) is 12.8 Å². The van der Waals surface area contributed by atoms with E-state index < -0.39 is 0 Å². The Morgan fingerprint density at radius 1 is 1.12 bits per heavy atom. The standard InChI is InChI=1S/C13H21NO3/c1-14-17-12-10-15-9-11-16-13-7-5-3-2-4-6-8-13/h13H,1-5,7,9-12H2. The maximum atomic E-state index is 5.65. The van der Waals surface area contributed by atoms with Crippen LogP contribution in [-0.2, 0) is 14.3 Å². The molecule has 4 heteroatoms. The monoisotopic (exact) mass is 239 g/mol. The van der Waals surface area contributed by atoms with Gasteiger partial charge in [-0.3, -0.25) is 0 Å². The van der Waals surface area contributed by atoms with Gasteiger partial charge in [-0.15, -0.1) is 11.1 Å². The van der Waals surface area contributed by atoms with E-state index >= 15 is 0 Å². The minimum Gasteiger partial charge on any atom is -0.394 e. The Kier molecular flexibility index (Phi) is 8.35. The van der Waals surface area contributed by atoms with Gasteiger partial charge in [-0.05, 0) is 19.3 Å². The van der Waals surface area contributed by atoms with E-state index in [4.69, 9.17) is 9.47 Å². The third kappa shape index (κ3) is 7.78. The number of nitrogens with zero attached hydrogens (tertiary/aromatic N) is 1. The van der Waals surface area contributed by atoms with Gasteiger partial charge in [-0.25, -0.2) is 0 Å². The third-order valence-corrected chi connectivity index (χ3v) is 2.49. The predicted octanol–water partition coefficient (Wildman–Crippen LogP) is 1.99. The zero-order chi connectivity index (χ0) is 12.2. The Hall–Kier alpha value is -1.05. The number of rotatable bonds is 8. The highest BCUT2D eigenvalue weighted by molar-refractivity contribution is 5.21. The van der Waals surface area contributed by atoms with Crippen molar-refractivity contribution in [2.24, 2.45) is 5.16 Å². The van der Waals surface area contributed by atoms with Crippen molar-refractivity contribution < 1.29 is 14.3 Å². The Labute approximate surface area is 103 Å². The summed E-state index contributed by atoms with van der Waals surface area (Å²) in [5.74, 6) is 6.31. The summed E-state index contributed by atoms with van der Waals surface area (Å²) in [6.07, 6.45) is 5.82. The minimum atomic E-state index is 0.0880.